The number of carboxylic acid groups (broad SMARTS) is 1. The molecule has 0 saturated carbocycles. The molecule has 18 heavy (non-hydrogen) atoms. The van der Waals surface area contributed by atoms with Crippen molar-refractivity contribution in [3.63, 3.8) is 0 Å². The van der Waals surface area contributed by atoms with E-state index in [1.165, 1.54) is 0 Å². The number of carbonyl (C=O) groups is 1. The number of anilines is 2. The van der Waals surface area contributed by atoms with Gasteiger partial charge in [0.15, 0.2) is 0 Å². The molecule has 0 fully saturated rings. The second-order valence-corrected chi connectivity index (χ2v) is 4.01. The molecular weight excluding hydrogens is 228 g/mol. The van der Waals surface area contributed by atoms with Gasteiger partial charge in [-0.2, -0.15) is 0 Å². The van der Waals surface area contributed by atoms with Gasteiger partial charge in [0, 0.05) is 18.9 Å². The third-order valence-corrected chi connectivity index (χ3v) is 2.71. The monoisotopic (exact) mass is 242 g/mol. The van der Waals surface area contributed by atoms with Crippen LogP contribution in [0.4, 0.5) is 11.4 Å². The maximum atomic E-state index is 10.6. The molecule has 2 rings (SSSR count). The Hall–Kier alpha value is -2.36. The maximum absolute atomic E-state index is 10.6. The summed E-state index contributed by atoms with van der Waals surface area (Å²) < 4.78 is 0. The van der Waals surface area contributed by atoms with Crippen molar-refractivity contribution in [3.8, 4) is 0 Å². The van der Waals surface area contributed by atoms with E-state index in [2.05, 4.69) is 4.98 Å². The molecule has 0 bridgehead atoms. The van der Waals surface area contributed by atoms with E-state index < -0.39 is 5.97 Å². The van der Waals surface area contributed by atoms with Crippen molar-refractivity contribution in [1.82, 2.24) is 4.98 Å². The van der Waals surface area contributed by atoms with E-state index in [4.69, 9.17) is 5.11 Å². The molecule has 0 unspecified atom stereocenters. The summed E-state index contributed by atoms with van der Waals surface area (Å²) in [5.41, 5.74) is 2.78. The van der Waals surface area contributed by atoms with Crippen LogP contribution in [0.2, 0.25) is 0 Å². The number of pyridine rings is 1. The summed E-state index contributed by atoms with van der Waals surface area (Å²) in [5, 5.41) is 8.70. The van der Waals surface area contributed by atoms with Crippen LogP contribution in [0, 0.1) is 0 Å². The van der Waals surface area contributed by atoms with Crippen LogP contribution in [0.3, 0.4) is 0 Å². The largest absolute Gasteiger partial charge is 0.481 e. The summed E-state index contributed by atoms with van der Waals surface area (Å²) in [6, 6.07) is 11.3. The Morgan fingerprint density at radius 1 is 1.22 bits per heavy atom. The molecule has 0 radical (unpaired) electrons. The van der Waals surface area contributed by atoms with Crippen molar-refractivity contribution in [3.05, 3.63) is 54.4 Å². The Morgan fingerprint density at radius 3 is 2.50 bits per heavy atom. The molecule has 0 amide bonds. The minimum atomic E-state index is -0.816. The van der Waals surface area contributed by atoms with Crippen LogP contribution in [0.15, 0.2) is 48.8 Å². The number of aromatic nitrogens is 1. The Kier molecular flexibility index (Phi) is 3.57. The fourth-order valence-electron chi connectivity index (χ4n) is 1.71. The van der Waals surface area contributed by atoms with Crippen LogP contribution in [0.5, 0.6) is 0 Å². The summed E-state index contributed by atoms with van der Waals surface area (Å²) in [7, 11) is 1.95. The molecule has 92 valence electrons. The van der Waals surface area contributed by atoms with Gasteiger partial charge in [0.05, 0.1) is 18.3 Å². The molecule has 0 aliphatic carbocycles. The quantitative estimate of drug-likeness (QED) is 0.894. The topological polar surface area (TPSA) is 53.4 Å². The molecule has 0 aliphatic rings. The summed E-state index contributed by atoms with van der Waals surface area (Å²) in [4.78, 5) is 16.7. The lowest BCUT2D eigenvalue weighted by Crippen LogP contribution is -2.09. The predicted octanol–water partition coefficient (Wildman–Crippen LogP) is 2.48. The Morgan fingerprint density at radius 2 is 1.94 bits per heavy atom. The van der Waals surface area contributed by atoms with Gasteiger partial charge in [-0.3, -0.25) is 9.78 Å². The van der Waals surface area contributed by atoms with Crippen molar-refractivity contribution in [1.29, 1.82) is 0 Å². The van der Waals surface area contributed by atoms with Crippen LogP contribution in [0.25, 0.3) is 0 Å². The Labute approximate surface area is 106 Å². The molecule has 4 heteroatoms. The molecule has 1 heterocycles. The SMILES string of the molecule is CN(c1ccc(CC(=O)O)cc1)c1cccnc1. The van der Waals surface area contributed by atoms with E-state index in [1.54, 1.807) is 12.4 Å². The average Bonchev–Trinajstić information content (AvgIpc) is 2.39. The van der Waals surface area contributed by atoms with Crippen molar-refractivity contribution >= 4 is 17.3 Å². The minimum Gasteiger partial charge on any atom is -0.481 e. The number of carboxylic acids is 1. The summed E-state index contributed by atoms with van der Waals surface area (Å²) >= 11 is 0. The zero-order valence-corrected chi connectivity index (χ0v) is 10.1. The van der Waals surface area contributed by atoms with E-state index in [0.29, 0.717) is 0 Å². The fourth-order valence-corrected chi connectivity index (χ4v) is 1.71. The third kappa shape index (κ3) is 2.85. The maximum Gasteiger partial charge on any atom is 0.307 e. The fraction of sp³-hybridized carbons (Fsp3) is 0.143. The molecule has 1 aromatic carbocycles. The van der Waals surface area contributed by atoms with Gasteiger partial charge in [0.1, 0.15) is 0 Å². The minimum absolute atomic E-state index is 0.0525. The smallest absolute Gasteiger partial charge is 0.307 e. The Balaban J connectivity index is 2.17. The van der Waals surface area contributed by atoms with Gasteiger partial charge in [0.25, 0.3) is 0 Å². The highest BCUT2D eigenvalue weighted by Crippen LogP contribution is 2.22. The first-order chi connectivity index (χ1) is 8.66. The van der Waals surface area contributed by atoms with Crippen molar-refractivity contribution < 1.29 is 9.90 Å². The summed E-state index contributed by atoms with van der Waals surface area (Å²) in [6.07, 6.45) is 3.56. The van der Waals surface area contributed by atoms with Crippen LogP contribution in [-0.4, -0.2) is 23.1 Å². The van der Waals surface area contributed by atoms with Crippen molar-refractivity contribution in [2.45, 2.75) is 6.42 Å². The van der Waals surface area contributed by atoms with E-state index in [0.717, 1.165) is 16.9 Å². The highest BCUT2D eigenvalue weighted by atomic mass is 16.4. The number of aliphatic carboxylic acids is 1. The number of nitrogens with zero attached hydrogens (tertiary/aromatic N) is 2. The first-order valence-electron chi connectivity index (χ1n) is 5.61. The predicted molar refractivity (Wildman–Crippen MR) is 70.1 cm³/mol. The molecule has 1 aromatic heterocycles. The van der Waals surface area contributed by atoms with Crippen molar-refractivity contribution in [2.75, 3.05) is 11.9 Å². The lowest BCUT2D eigenvalue weighted by atomic mass is 10.1. The molecule has 0 atom stereocenters. The van der Waals surface area contributed by atoms with E-state index in [-0.39, 0.29) is 6.42 Å². The van der Waals surface area contributed by atoms with E-state index in [9.17, 15) is 4.79 Å². The lowest BCUT2D eigenvalue weighted by molar-refractivity contribution is -0.136. The normalized spacial score (nSPS) is 10.1. The van der Waals surface area contributed by atoms with Gasteiger partial charge in [-0.15, -0.1) is 0 Å². The first kappa shape index (κ1) is 12.1. The lowest BCUT2D eigenvalue weighted by Gasteiger charge is -2.19. The molecule has 0 aliphatic heterocycles. The standard InChI is InChI=1S/C14H14N2O2/c1-16(13-3-2-8-15-10-13)12-6-4-11(5-7-12)9-14(17)18/h2-8,10H,9H2,1H3,(H,17,18). The number of hydrogen-bond acceptors (Lipinski definition) is 3. The van der Waals surface area contributed by atoms with Crippen LogP contribution in [0.1, 0.15) is 5.56 Å². The summed E-state index contributed by atoms with van der Waals surface area (Å²) in [5.74, 6) is -0.816. The summed E-state index contributed by atoms with van der Waals surface area (Å²) in [6.45, 7) is 0. The molecule has 4 nitrogen and oxygen atoms in total. The van der Waals surface area contributed by atoms with Gasteiger partial charge >= 0.3 is 5.97 Å². The third-order valence-electron chi connectivity index (χ3n) is 2.71. The highest BCUT2D eigenvalue weighted by molar-refractivity contribution is 5.71. The van der Waals surface area contributed by atoms with Gasteiger partial charge in [0.2, 0.25) is 0 Å². The van der Waals surface area contributed by atoms with Crippen LogP contribution in [-0.2, 0) is 11.2 Å². The zero-order valence-electron chi connectivity index (χ0n) is 10.1. The van der Waals surface area contributed by atoms with Crippen LogP contribution < -0.4 is 4.90 Å². The van der Waals surface area contributed by atoms with E-state index >= 15 is 0 Å². The Bertz CT molecular complexity index is 523. The van der Waals surface area contributed by atoms with Gasteiger partial charge in [-0.05, 0) is 29.8 Å². The highest BCUT2D eigenvalue weighted by Gasteiger charge is 2.05. The number of rotatable bonds is 4. The number of benzene rings is 1. The average molecular weight is 242 g/mol. The first-order valence-corrected chi connectivity index (χ1v) is 5.61. The molecule has 1 N–H and O–H groups in total. The molecule has 0 saturated heterocycles. The van der Waals surface area contributed by atoms with Crippen molar-refractivity contribution in [2.24, 2.45) is 0 Å². The zero-order chi connectivity index (χ0) is 13.0. The van der Waals surface area contributed by atoms with Gasteiger partial charge in [-0.25, -0.2) is 0 Å². The second-order valence-electron chi connectivity index (χ2n) is 4.01. The molecular formula is C14H14N2O2. The second kappa shape index (κ2) is 5.31. The van der Waals surface area contributed by atoms with Gasteiger partial charge in [-0.1, -0.05) is 12.1 Å². The molecule has 2 aromatic rings. The van der Waals surface area contributed by atoms with E-state index in [1.807, 2.05) is 48.3 Å². The number of hydrogen-bond donors (Lipinski definition) is 1. The van der Waals surface area contributed by atoms with Crippen LogP contribution >= 0.6 is 0 Å². The molecule has 0 spiro atoms. The van der Waals surface area contributed by atoms with Gasteiger partial charge < -0.3 is 10.0 Å².